The van der Waals surface area contributed by atoms with Crippen LogP contribution >= 0.6 is 11.3 Å². The number of rotatable bonds is 6. The van der Waals surface area contributed by atoms with Crippen LogP contribution < -0.4 is 10.1 Å². The van der Waals surface area contributed by atoms with E-state index in [1.54, 1.807) is 18.4 Å². The molecule has 0 radical (unpaired) electrons. The molecule has 4 heteroatoms. The Kier molecular flexibility index (Phi) is 4.98. The number of carbonyl (C=O) groups is 1. The molecule has 0 unspecified atom stereocenters. The fraction of sp³-hybridized carbons (Fsp3) is 0.267. The second-order valence-electron chi connectivity index (χ2n) is 4.26. The Balaban J connectivity index is 1.76. The fourth-order valence-electron chi connectivity index (χ4n) is 1.76. The number of aryl methyl sites for hydroxylation is 1. The summed E-state index contributed by atoms with van der Waals surface area (Å²) in [7, 11) is 1.64. The Morgan fingerprint density at radius 2 is 2.21 bits per heavy atom. The van der Waals surface area contributed by atoms with Gasteiger partial charge in [0.05, 0.1) is 7.11 Å². The highest BCUT2D eigenvalue weighted by atomic mass is 32.1. The zero-order valence-corrected chi connectivity index (χ0v) is 11.7. The van der Waals surface area contributed by atoms with Gasteiger partial charge in [-0.25, -0.2) is 0 Å². The average molecular weight is 275 g/mol. The summed E-state index contributed by atoms with van der Waals surface area (Å²) in [6, 6.07) is 9.77. The van der Waals surface area contributed by atoms with E-state index in [1.807, 2.05) is 29.6 Å². The predicted octanol–water partition coefficient (Wildman–Crippen LogP) is 3.01. The molecule has 1 aromatic heterocycles. The van der Waals surface area contributed by atoms with E-state index in [4.69, 9.17) is 4.74 Å². The number of hydrogen-bond acceptors (Lipinski definition) is 3. The zero-order chi connectivity index (χ0) is 13.5. The quantitative estimate of drug-likeness (QED) is 0.880. The van der Waals surface area contributed by atoms with E-state index in [9.17, 15) is 4.79 Å². The molecule has 0 fully saturated rings. The Hall–Kier alpha value is -1.81. The average Bonchev–Trinajstić information content (AvgIpc) is 2.96. The minimum absolute atomic E-state index is 0.0778. The van der Waals surface area contributed by atoms with Crippen molar-refractivity contribution in [1.29, 1.82) is 0 Å². The molecule has 0 bridgehead atoms. The molecule has 1 heterocycles. The first kappa shape index (κ1) is 13.6. The molecule has 3 nitrogen and oxygen atoms in total. The van der Waals surface area contributed by atoms with Crippen LogP contribution in [0, 0.1) is 0 Å². The maximum Gasteiger partial charge on any atom is 0.220 e. The lowest BCUT2D eigenvalue weighted by Gasteiger charge is -2.06. The molecule has 0 aliphatic heterocycles. The molecule has 2 rings (SSSR count). The van der Waals surface area contributed by atoms with Gasteiger partial charge in [-0.2, -0.15) is 11.3 Å². The van der Waals surface area contributed by atoms with Crippen molar-refractivity contribution in [2.75, 3.05) is 7.11 Å². The second kappa shape index (κ2) is 6.95. The zero-order valence-electron chi connectivity index (χ0n) is 10.9. The first-order valence-corrected chi connectivity index (χ1v) is 7.13. The number of benzene rings is 1. The largest absolute Gasteiger partial charge is 0.497 e. The summed E-state index contributed by atoms with van der Waals surface area (Å²) in [6.45, 7) is 0.541. The molecular formula is C15H17NO2S. The van der Waals surface area contributed by atoms with Crippen molar-refractivity contribution in [1.82, 2.24) is 5.32 Å². The molecule has 0 saturated heterocycles. The number of ether oxygens (including phenoxy) is 1. The highest BCUT2D eigenvalue weighted by Gasteiger charge is 2.03. The Morgan fingerprint density at radius 3 is 2.95 bits per heavy atom. The third-order valence-electron chi connectivity index (χ3n) is 2.84. The molecule has 100 valence electrons. The van der Waals surface area contributed by atoms with E-state index >= 15 is 0 Å². The van der Waals surface area contributed by atoms with Crippen LogP contribution in [0.15, 0.2) is 41.1 Å². The van der Waals surface area contributed by atoms with Crippen LogP contribution in [-0.4, -0.2) is 13.0 Å². The molecule has 0 spiro atoms. The number of carbonyl (C=O) groups excluding carboxylic acids is 1. The fourth-order valence-corrected chi connectivity index (χ4v) is 2.47. The molecule has 0 aliphatic rings. The van der Waals surface area contributed by atoms with Gasteiger partial charge in [-0.3, -0.25) is 4.79 Å². The van der Waals surface area contributed by atoms with Crippen molar-refractivity contribution in [3.63, 3.8) is 0 Å². The van der Waals surface area contributed by atoms with E-state index in [1.165, 1.54) is 5.56 Å². The van der Waals surface area contributed by atoms with Gasteiger partial charge >= 0.3 is 0 Å². The number of methoxy groups -OCH3 is 1. The molecule has 0 aliphatic carbocycles. The van der Waals surface area contributed by atoms with Gasteiger partial charge in [-0.1, -0.05) is 12.1 Å². The predicted molar refractivity (Wildman–Crippen MR) is 77.5 cm³/mol. The molecule has 1 aromatic carbocycles. The smallest absolute Gasteiger partial charge is 0.220 e. The summed E-state index contributed by atoms with van der Waals surface area (Å²) in [5.41, 5.74) is 2.27. The number of hydrogen-bond donors (Lipinski definition) is 1. The van der Waals surface area contributed by atoms with Crippen LogP contribution in [-0.2, 0) is 17.8 Å². The van der Waals surface area contributed by atoms with E-state index in [-0.39, 0.29) is 5.91 Å². The summed E-state index contributed by atoms with van der Waals surface area (Å²) >= 11 is 1.66. The van der Waals surface area contributed by atoms with Crippen LogP contribution in [0.4, 0.5) is 0 Å². The summed E-state index contributed by atoms with van der Waals surface area (Å²) in [5.74, 6) is 0.888. The summed E-state index contributed by atoms with van der Waals surface area (Å²) < 4.78 is 5.15. The highest BCUT2D eigenvalue weighted by Crippen LogP contribution is 2.12. The van der Waals surface area contributed by atoms with Crippen molar-refractivity contribution in [3.05, 3.63) is 52.2 Å². The minimum atomic E-state index is 0.0778. The normalized spacial score (nSPS) is 10.2. The second-order valence-corrected chi connectivity index (χ2v) is 5.04. The van der Waals surface area contributed by atoms with Crippen molar-refractivity contribution in [3.8, 4) is 5.75 Å². The Labute approximate surface area is 117 Å². The number of amides is 1. The first-order valence-electron chi connectivity index (χ1n) is 6.18. The standard InChI is InChI=1S/C15H17NO2S/c1-18-14-4-2-3-13(9-14)10-16-15(17)6-5-12-7-8-19-11-12/h2-4,7-9,11H,5-6,10H2,1H3,(H,16,17). The van der Waals surface area contributed by atoms with Crippen LogP contribution in [0.1, 0.15) is 17.5 Å². The Bertz CT molecular complexity index is 523. The van der Waals surface area contributed by atoms with E-state index < -0.39 is 0 Å². The summed E-state index contributed by atoms with van der Waals surface area (Å²) in [6.07, 6.45) is 1.33. The van der Waals surface area contributed by atoms with E-state index in [2.05, 4.69) is 16.8 Å². The number of nitrogens with one attached hydrogen (secondary N) is 1. The lowest BCUT2D eigenvalue weighted by molar-refractivity contribution is -0.121. The van der Waals surface area contributed by atoms with E-state index in [0.29, 0.717) is 13.0 Å². The van der Waals surface area contributed by atoms with Gasteiger partial charge in [0.15, 0.2) is 0 Å². The van der Waals surface area contributed by atoms with Gasteiger partial charge in [0.25, 0.3) is 0 Å². The van der Waals surface area contributed by atoms with Crippen LogP contribution in [0.25, 0.3) is 0 Å². The molecule has 1 amide bonds. The van der Waals surface area contributed by atoms with Gasteiger partial charge in [0.1, 0.15) is 5.75 Å². The molecule has 0 saturated carbocycles. The summed E-state index contributed by atoms with van der Waals surface area (Å²) in [4.78, 5) is 11.7. The van der Waals surface area contributed by atoms with Gasteiger partial charge in [-0.15, -0.1) is 0 Å². The van der Waals surface area contributed by atoms with Gasteiger partial charge < -0.3 is 10.1 Å². The molecule has 19 heavy (non-hydrogen) atoms. The van der Waals surface area contributed by atoms with Crippen molar-refractivity contribution in [2.45, 2.75) is 19.4 Å². The van der Waals surface area contributed by atoms with Crippen LogP contribution in [0.5, 0.6) is 5.75 Å². The number of thiophene rings is 1. The molecule has 0 atom stereocenters. The molecule has 2 aromatic rings. The van der Waals surface area contributed by atoms with Gasteiger partial charge in [-0.05, 0) is 46.5 Å². The maximum absolute atomic E-state index is 11.7. The third-order valence-corrected chi connectivity index (χ3v) is 3.58. The minimum Gasteiger partial charge on any atom is -0.497 e. The van der Waals surface area contributed by atoms with Gasteiger partial charge in [0.2, 0.25) is 5.91 Å². The van der Waals surface area contributed by atoms with Crippen LogP contribution in [0.3, 0.4) is 0 Å². The Morgan fingerprint density at radius 1 is 1.32 bits per heavy atom. The van der Waals surface area contributed by atoms with Crippen LogP contribution in [0.2, 0.25) is 0 Å². The lowest BCUT2D eigenvalue weighted by Crippen LogP contribution is -2.22. The maximum atomic E-state index is 11.7. The molecule has 1 N–H and O–H groups in total. The first-order chi connectivity index (χ1) is 9.28. The van der Waals surface area contributed by atoms with Crippen molar-refractivity contribution >= 4 is 17.2 Å². The highest BCUT2D eigenvalue weighted by molar-refractivity contribution is 7.07. The monoisotopic (exact) mass is 275 g/mol. The van der Waals surface area contributed by atoms with Crippen molar-refractivity contribution in [2.24, 2.45) is 0 Å². The third kappa shape index (κ3) is 4.41. The topological polar surface area (TPSA) is 38.3 Å². The van der Waals surface area contributed by atoms with E-state index in [0.717, 1.165) is 17.7 Å². The molecular weight excluding hydrogens is 258 g/mol. The SMILES string of the molecule is COc1cccc(CNC(=O)CCc2ccsc2)c1. The summed E-state index contributed by atoms with van der Waals surface area (Å²) in [5, 5.41) is 7.03. The van der Waals surface area contributed by atoms with Crippen molar-refractivity contribution < 1.29 is 9.53 Å². The van der Waals surface area contributed by atoms with Gasteiger partial charge in [0, 0.05) is 13.0 Å². The lowest BCUT2D eigenvalue weighted by atomic mass is 10.2.